The largest absolute Gasteiger partial charge is 0.456 e. The van der Waals surface area contributed by atoms with Gasteiger partial charge in [-0.25, -0.2) is 8.42 Å². The fourth-order valence-electron chi connectivity index (χ4n) is 2.22. The van der Waals surface area contributed by atoms with Crippen LogP contribution in [0, 0.1) is 6.92 Å². The highest BCUT2D eigenvalue weighted by Crippen LogP contribution is 2.28. The Morgan fingerprint density at radius 3 is 2.43 bits per heavy atom. The molecule has 0 unspecified atom stereocenters. The van der Waals surface area contributed by atoms with Gasteiger partial charge < -0.3 is 8.94 Å². The molecule has 6 nitrogen and oxygen atoms in total. The third-order valence-electron chi connectivity index (χ3n) is 3.48. The Kier molecular flexibility index (Phi) is 3.81. The van der Waals surface area contributed by atoms with Crippen molar-refractivity contribution in [3.63, 3.8) is 0 Å². The van der Waals surface area contributed by atoms with Gasteiger partial charge in [0.15, 0.2) is 15.6 Å². The molecule has 0 radical (unpaired) electrons. The minimum atomic E-state index is -3.22. The van der Waals surface area contributed by atoms with Crippen LogP contribution in [0.1, 0.15) is 18.2 Å². The van der Waals surface area contributed by atoms with E-state index in [0.717, 1.165) is 17.7 Å². The Balaban J connectivity index is 1.94. The summed E-state index contributed by atoms with van der Waals surface area (Å²) >= 11 is 0. The van der Waals surface area contributed by atoms with Crippen LogP contribution in [0.3, 0.4) is 0 Å². The van der Waals surface area contributed by atoms with Crippen LogP contribution in [-0.2, 0) is 16.3 Å². The molecule has 0 bridgehead atoms. The minimum Gasteiger partial charge on any atom is -0.456 e. The third kappa shape index (κ3) is 3.05. The van der Waals surface area contributed by atoms with Crippen molar-refractivity contribution < 1.29 is 17.4 Å². The van der Waals surface area contributed by atoms with Gasteiger partial charge in [0.2, 0.25) is 5.82 Å². The number of aryl methyl sites for hydroxylation is 2. The molecule has 0 aliphatic heterocycles. The summed E-state index contributed by atoms with van der Waals surface area (Å²) in [6.45, 7) is 3.92. The molecule has 23 heavy (non-hydrogen) atoms. The maximum atomic E-state index is 11.5. The van der Waals surface area contributed by atoms with Crippen LogP contribution >= 0.6 is 0 Å². The molecule has 0 saturated heterocycles. The van der Waals surface area contributed by atoms with Crippen molar-refractivity contribution in [1.82, 2.24) is 10.1 Å². The molecule has 0 aliphatic carbocycles. The first-order chi connectivity index (χ1) is 10.9. The molecule has 0 N–H and O–H groups in total. The van der Waals surface area contributed by atoms with E-state index in [-0.39, 0.29) is 4.90 Å². The van der Waals surface area contributed by atoms with E-state index < -0.39 is 9.84 Å². The van der Waals surface area contributed by atoms with E-state index in [1.807, 2.05) is 19.9 Å². The van der Waals surface area contributed by atoms with Crippen molar-refractivity contribution in [2.45, 2.75) is 25.2 Å². The maximum absolute atomic E-state index is 11.5. The number of hydrogen-bond donors (Lipinski definition) is 0. The van der Waals surface area contributed by atoms with E-state index in [4.69, 9.17) is 8.94 Å². The summed E-state index contributed by atoms with van der Waals surface area (Å²) in [5, 5.41) is 3.94. The molecule has 3 aromatic rings. The second-order valence-corrected chi connectivity index (χ2v) is 7.31. The van der Waals surface area contributed by atoms with Gasteiger partial charge in [-0.2, -0.15) is 4.98 Å². The smallest absolute Gasteiger partial charge is 0.294 e. The summed E-state index contributed by atoms with van der Waals surface area (Å²) < 4.78 is 33.9. The van der Waals surface area contributed by atoms with E-state index in [0.29, 0.717) is 23.0 Å². The number of furan rings is 1. The highest BCUT2D eigenvalue weighted by Gasteiger charge is 2.17. The van der Waals surface area contributed by atoms with Crippen LogP contribution < -0.4 is 0 Å². The summed E-state index contributed by atoms with van der Waals surface area (Å²) in [7, 11) is -3.22. The Bertz CT molecular complexity index is 937. The monoisotopic (exact) mass is 332 g/mol. The van der Waals surface area contributed by atoms with Crippen LogP contribution in [0.25, 0.3) is 23.0 Å². The predicted octanol–water partition coefficient (Wildman–Crippen LogP) is 3.27. The molecular formula is C16H16N2O4S. The van der Waals surface area contributed by atoms with Crippen molar-refractivity contribution >= 4 is 9.84 Å². The Labute approximate surface area is 134 Å². The second-order valence-electron chi connectivity index (χ2n) is 5.30. The van der Waals surface area contributed by atoms with Crippen LogP contribution in [0.4, 0.5) is 0 Å². The van der Waals surface area contributed by atoms with Gasteiger partial charge in [-0.3, -0.25) is 0 Å². The molecule has 0 fully saturated rings. The van der Waals surface area contributed by atoms with Crippen molar-refractivity contribution in [2.75, 3.05) is 6.26 Å². The van der Waals surface area contributed by atoms with E-state index in [1.54, 1.807) is 12.1 Å². The van der Waals surface area contributed by atoms with Crippen LogP contribution in [0.2, 0.25) is 0 Å². The van der Waals surface area contributed by atoms with Crippen LogP contribution in [0.15, 0.2) is 44.2 Å². The zero-order valence-electron chi connectivity index (χ0n) is 13.0. The Morgan fingerprint density at radius 1 is 1.17 bits per heavy atom. The summed E-state index contributed by atoms with van der Waals surface area (Å²) in [6, 6.07) is 8.29. The molecule has 0 amide bonds. The van der Waals surface area contributed by atoms with Crippen molar-refractivity contribution in [1.29, 1.82) is 0 Å². The fraction of sp³-hybridized carbons (Fsp3) is 0.250. The SMILES string of the molecule is CCc1cc(C)c(-c2nc(-c3ccc(S(C)(=O)=O)cc3)no2)o1. The van der Waals surface area contributed by atoms with Crippen molar-refractivity contribution in [3.05, 3.63) is 41.7 Å². The Morgan fingerprint density at radius 2 is 1.87 bits per heavy atom. The molecular weight excluding hydrogens is 316 g/mol. The zero-order chi connectivity index (χ0) is 16.6. The normalized spacial score (nSPS) is 11.8. The summed E-state index contributed by atoms with van der Waals surface area (Å²) in [5.41, 5.74) is 1.61. The molecule has 0 spiro atoms. The second kappa shape index (κ2) is 5.66. The first-order valence-electron chi connectivity index (χ1n) is 7.12. The molecule has 120 valence electrons. The molecule has 0 atom stereocenters. The van der Waals surface area contributed by atoms with Gasteiger partial charge in [0.25, 0.3) is 5.89 Å². The quantitative estimate of drug-likeness (QED) is 0.729. The molecule has 1 aromatic carbocycles. The van der Waals surface area contributed by atoms with E-state index in [1.165, 1.54) is 18.4 Å². The summed E-state index contributed by atoms with van der Waals surface area (Å²) in [6.07, 6.45) is 1.95. The van der Waals surface area contributed by atoms with Gasteiger partial charge in [-0.1, -0.05) is 12.1 Å². The van der Waals surface area contributed by atoms with E-state index >= 15 is 0 Å². The minimum absolute atomic E-state index is 0.249. The zero-order valence-corrected chi connectivity index (χ0v) is 13.8. The third-order valence-corrected chi connectivity index (χ3v) is 4.61. The highest BCUT2D eigenvalue weighted by atomic mass is 32.2. The van der Waals surface area contributed by atoms with Gasteiger partial charge in [0.05, 0.1) is 4.90 Å². The average Bonchev–Trinajstić information content (AvgIpc) is 3.12. The van der Waals surface area contributed by atoms with E-state index in [2.05, 4.69) is 10.1 Å². The molecule has 2 aromatic heterocycles. The lowest BCUT2D eigenvalue weighted by atomic mass is 10.2. The number of nitrogens with zero attached hydrogens (tertiary/aromatic N) is 2. The average molecular weight is 332 g/mol. The van der Waals surface area contributed by atoms with Crippen molar-refractivity contribution in [3.8, 4) is 23.0 Å². The number of rotatable bonds is 4. The van der Waals surface area contributed by atoms with Gasteiger partial charge >= 0.3 is 0 Å². The standard InChI is InChI=1S/C16H16N2O4S/c1-4-12-9-10(2)14(21-12)16-17-15(18-22-16)11-5-7-13(8-6-11)23(3,19)20/h5-9H,4H2,1-3H3. The summed E-state index contributed by atoms with van der Waals surface area (Å²) in [4.78, 5) is 4.58. The highest BCUT2D eigenvalue weighted by molar-refractivity contribution is 7.90. The summed E-state index contributed by atoms with van der Waals surface area (Å²) in [5.74, 6) is 2.11. The molecule has 0 saturated carbocycles. The first-order valence-corrected chi connectivity index (χ1v) is 9.01. The van der Waals surface area contributed by atoms with Gasteiger partial charge in [-0.15, -0.1) is 0 Å². The van der Waals surface area contributed by atoms with Crippen molar-refractivity contribution in [2.24, 2.45) is 0 Å². The first kappa shape index (κ1) is 15.5. The number of sulfone groups is 1. The van der Waals surface area contributed by atoms with E-state index in [9.17, 15) is 8.42 Å². The molecule has 0 aliphatic rings. The number of aromatic nitrogens is 2. The van der Waals surface area contributed by atoms with Gasteiger partial charge in [0, 0.05) is 23.8 Å². The lowest BCUT2D eigenvalue weighted by molar-refractivity contribution is 0.412. The lowest BCUT2D eigenvalue weighted by Crippen LogP contribution is -1.96. The number of benzene rings is 1. The maximum Gasteiger partial charge on any atom is 0.294 e. The lowest BCUT2D eigenvalue weighted by Gasteiger charge is -1.98. The van der Waals surface area contributed by atoms with Crippen LogP contribution in [-0.4, -0.2) is 24.8 Å². The molecule has 7 heteroatoms. The topological polar surface area (TPSA) is 86.2 Å². The molecule has 2 heterocycles. The van der Waals surface area contributed by atoms with Crippen LogP contribution in [0.5, 0.6) is 0 Å². The Hall–Kier alpha value is -2.41. The van der Waals surface area contributed by atoms with Gasteiger partial charge in [-0.05, 0) is 37.3 Å². The fourth-order valence-corrected chi connectivity index (χ4v) is 2.85. The van der Waals surface area contributed by atoms with Gasteiger partial charge in [0.1, 0.15) is 5.76 Å². The predicted molar refractivity (Wildman–Crippen MR) is 84.7 cm³/mol. The number of hydrogen-bond acceptors (Lipinski definition) is 6. The molecule has 3 rings (SSSR count).